The lowest BCUT2D eigenvalue weighted by atomic mass is 9.78. The van der Waals surface area contributed by atoms with E-state index >= 15 is 0 Å². The first-order chi connectivity index (χ1) is 7.39. The van der Waals surface area contributed by atoms with Crippen molar-refractivity contribution in [3.8, 4) is 0 Å². The van der Waals surface area contributed by atoms with Crippen LogP contribution in [0, 0.1) is 12.3 Å². The monoisotopic (exact) mass is 215 g/mol. The molecule has 0 bridgehead atoms. The Hall–Kier alpha value is -1.24. The Kier molecular flexibility index (Phi) is 2.57. The number of rotatable bonds is 1. The molecule has 2 rings (SSSR count). The minimum atomic E-state index is 0.304. The Morgan fingerprint density at radius 3 is 2.50 bits per heavy atom. The summed E-state index contributed by atoms with van der Waals surface area (Å²) in [6.45, 7) is 11.4. The van der Waals surface area contributed by atoms with E-state index in [1.54, 1.807) is 0 Å². The smallest absolute Gasteiger partial charge is 0.0457 e. The number of aryl methyl sites for hydroxylation is 1. The highest BCUT2D eigenvalue weighted by molar-refractivity contribution is 5.84. The third kappa shape index (κ3) is 1.87. The van der Waals surface area contributed by atoms with Crippen LogP contribution in [0.2, 0.25) is 0 Å². The standard InChI is InChI=1S/C15H21N/c1-10-6-7-14-12(8-10)13(9-16-14)11(2)15(3,4)5/h6-9,11,16H,1-5H3. The van der Waals surface area contributed by atoms with Crippen LogP contribution in [0.25, 0.3) is 10.9 Å². The number of benzene rings is 1. The molecule has 0 spiro atoms. The van der Waals surface area contributed by atoms with Crippen molar-refractivity contribution in [3.05, 3.63) is 35.5 Å². The molecular weight excluding hydrogens is 194 g/mol. The zero-order chi connectivity index (χ0) is 11.9. The predicted molar refractivity (Wildman–Crippen MR) is 70.9 cm³/mol. The third-order valence-electron chi connectivity index (χ3n) is 3.63. The Balaban J connectivity index is 2.57. The van der Waals surface area contributed by atoms with Gasteiger partial charge in [0.1, 0.15) is 0 Å². The molecule has 0 amide bonds. The molecule has 16 heavy (non-hydrogen) atoms. The molecule has 2 aromatic rings. The molecule has 1 heterocycles. The lowest BCUT2D eigenvalue weighted by Gasteiger charge is -2.27. The zero-order valence-electron chi connectivity index (χ0n) is 10.9. The molecule has 1 nitrogen and oxygen atoms in total. The van der Waals surface area contributed by atoms with E-state index in [1.807, 2.05) is 0 Å². The third-order valence-corrected chi connectivity index (χ3v) is 3.63. The Bertz CT molecular complexity index is 500. The number of aromatic nitrogens is 1. The largest absolute Gasteiger partial charge is 0.361 e. The molecule has 1 atom stereocenters. The Morgan fingerprint density at radius 1 is 1.19 bits per heavy atom. The van der Waals surface area contributed by atoms with Gasteiger partial charge in [-0.25, -0.2) is 0 Å². The SMILES string of the molecule is Cc1ccc2[nH]cc(C(C)C(C)(C)C)c2c1. The van der Waals surface area contributed by atoms with Crippen molar-refractivity contribution in [2.45, 2.75) is 40.5 Å². The highest BCUT2D eigenvalue weighted by Gasteiger charge is 2.23. The van der Waals surface area contributed by atoms with Crippen molar-refractivity contribution in [1.82, 2.24) is 4.98 Å². The average Bonchev–Trinajstić information content (AvgIpc) is 2.57. The van der Waals surface area contributed by atoms with Crippen LogP contribution in [0.1, 0.15) is 44.7 Å². The molecule has 0 fully saturated rings. The van der Waals surface area contributed by atoms with E-state index in [4.69, 9.17) is 0 Å². The summed E-state index contributed by atoms with van der Waals surface area (Å²) in [4.78, 5) is 3.37. The molecule has 1 aromatic carbocycles. The lowest BCUT2D eigenvalue weighted by Crippen LogP contribution is -2.14. The average molecular weight is 215 g/mol. The molecule has 0 radical (unpaired) electrons. The van der Waals surface area contributed by atoms with Gasteiger partial charge in [0, 0.05) is 17.1 Å². The first kappa shape index (κ1) is 11.3. The summed E-state index contributed by atoms with van der Waals surface area (Å²) >= 11 is 0. The van der Waals surface area contributed by atoms with Gasteiger partial charge in [-0.1, -0.05) is 39.3 Å². The van der Waals surface area contributed by atoms with Crippen LogP contribution in [0.4, 0.5) is 0 Å². The second-order valence-corrected chi connectivity index (χ2v) is 5.88. The van der Waals surface area contributed by atoms with Gasteiger partial charge in [-0.3, -0.25) is 0 Å². The van der Waals surface area contributed by atoms with Crippen molar-refractivity contribution >= 4 is 10.9 Å². The molecular formula is C15H21N. The summed E-state index contributed by atoms with van der Waals surface area (Å²) < 4.78 is 0. The maximum atomic E-state index is 3.37. The van der Waals surface area contributed by atoms with E-state index in [9.17, 15) is 0 Å². The van der Waals surface area contributed by atoms with Gasteiger partial charge in [0.15, 0.2) is 0 Å². The molecule has 0 aliphatic rings. The number of nitrogens with one attached hydrogen (secondary N) is 1. The van der Waals surface area contributed by atoms with Crippen LogP contribution >= 0.6 is 0 Å². The van der Waals surface area contributed by atoms with E-state index < -0.39 is 0 Å². The number of hydrogen-bond donors (Lipinski definition) is 1. The summed E-state index contributed by atoms with van der Waals surface area (Å²) in [7, 11) is 0. The first-order valence-corrected chi connectivity index (χ1v) is 5.97. The molecule has 0 saturated heterocycles. The molecule has 0 saturated carbocycles. The van der Waals surface area contributed by atoms with Crippen LogP contribution in [-0.2, 0) is 0 Å². The number of fused-ring (bicyclic) bond motifs is 1. The summed E-state index contributed by atoms with van der Waals surface area (Å²) in [5, 5.41) is 1.38. The quantitative estimate of drug-likeness (QED) is 0.714. The van der Waals surface area contributed by atoms with Gasteiger partial charge < -0.3 is 4.98 Å². The van der Waals surface area contributed by atoms with E-state index in [1.165, 1.54) is 22.0 Å². The highest BCUT2D eigenvalue weighted by Crippen LogP contribution is 2.37. The van der Waals surface area contributed by atoms with Crippen LogP contribution in [0.15, 0.2) is 24.4 Å². The fourth-order valence-electron chi connectivity index (χ4n) is 2.08. The molecule has 86 valence electrons. The fourth-order valence-corrected chi connectivity index (χ4v) is 2.08. The molecule has 0 aliphatic heterocycles. The van der Waals surface area contributed by atoms with Crippen molar-refractivity contribution in [1.29, 1.82) is 0 Å². The van der Waals surface area contributed by atoms with E-state index in [0.717, 1.165) is 0 Å². The van der Waals surface area contributed by atoms with Crippen LogP contribution in [-0.4, -0.2) is 4.98 Å². The fraction of sp³-hybridized carbons (Fsp3) is 0.467. The topological polar surface area (TPSA) is 15.8 Å². The Labute approximate surface area is 97.9 Å². The second-order valence-electron chi connectivity index (χ2n) is 5.88. The summed E-state index contributed by atoms with van der Waals surface area (Å²) in [6.07, 6.45) is 2.17. The van der Waals surface area contributed by atoms with Crippen LogP contribution in [0.3, 0.4) is 0 Å². The first-order valence-electron chi connectivity index (χ1n) is 5.97. The van der Waals surface area contributed by atoms with Gasteiger partial charge in [-0.05, 0) is 36.0 Å². The van der Waals surface area contributed by atoms with Crippen molar-refractivity contribution < 1.29 is 0 Å². The van der Waals surface area contributed by atoms with E-state index in [0.29, 0.717) is 11.3 Å². The van der Waals surface area contributed by atoms with Crippen molar-refractivity contribution in [3.63, 3.8) is 0 Å². The molecule has 1 aromatic heterocycles. The molecule has 0 aliphatic carbocycles. The summed E-state index contributed by atoms with van der Waals surface area (Å²) in [5.74, 6) is 0.558. The molecule has 1 unspecified atom stereocenters. The maximum absolute atomic E-state index is 3.37. The molecule has 1 N–H and O–H groups in total. The lowest BCUT2D eigenvalue weighted by molar-refractivity contribution is 0.341. The minimum Gasteiger partial charge on any atom is -0.361 e. The van der Waals surface area contributed by atoms with Gasteiger partial charge in [0.25, 0.3) is 0 Å². The highest BCUT2D eigenvalue weighted by atomic mass is 14.7. The van der Waals surface area contributed by atoms with Crippen LogP contribution in [0.5, 0.6) is 0 Å². The van der Waals surface area contributed by atoms with E-state index in [2.05, 4.69) is 64.0 Å². The predicted octanol–water partition coefficient (Wildman–Crippen LogP) is 4.63. The van der Waals surface area contributed by atoms with Gasteiger partial charge in [0.05, 0.1) is 0 Å². The van der Waals surface area contributed by atoms with E-state index in [-0.39, 0.29) is 0 Å². The maximum Gasteiger partial charge on any atom is 0.0457 e. The summed E-state index contributed by atoms with van der Waals surface area (Å²) in [5.41, 5.74) is 4.32. The van der Waals surface area contributed by atoms with Gasteiger partial charge >= 0.3 is 0 Å². The molecule has 1 heteroatoms. The van der Waals surface area contributed by atoms with Crippen molar-refractivity contribution in [2.24, 2.45) is 5.41 Å². The Morgan fingerprint density at radius 2 is 1.88 bits per heavy atom. The van der Waals surface area contributed by atoms with Crippen LogP contribution < -0.4 is 0 Å². The number of hydrogen-bond acceptors (Lipinski definition) is 0. The van der Waals surface area contributed by atoms with Gasteiger partial charge in [-0.2, -0.15) is 0 Å². The zero-order valence-corrected chi connectivity index (χ0v) is 10.9. The van der Waals surface area contributed by atoms with Crippen molar-refractivity contribution in [2.75, 3.05) is 0 Å². The number of aromatic amines is 1. The minimum absolute atomic E-state index is 0.304. The second kappa shape index (κ2) is 3.65. The summed E-state index contributed by atoms with van der Waals surface area (Å²) in [6, 6.07) is 6.61. The van der Waals surface area contributed by atoms with Gasteiger partial charge in [0.2, 0.25) is 0 Å². The number of H-pyrrole nitrogens is 1. The normalized spacial score (nSPS) is 14.3. The van der Waals surface area contributed by atoms with Gasteiger partial charge in [-0.15, -0.1) is 0 Å².